The largest absolute Gasteiger partial charge is 0.391 e. The van der Waals surface area contributed by atoms with Gasteiger partial charge in [-0.3, -0.25) is 0 Å². The molecule has 0 radical (unpaired) electrons. The van der Waals surface area contributed by atoms with E-state index in [1.807, 2.05) is 0 Å². The first-order chi connectivity index (χ1) is 8.48. The molecule has 0 amide bonds. The maximum Gasteiger partial charge on any atom is 0.391 e. The Morgan fingerprint density at radius 1 is 1.11 bits per heavy atom. The van der Waals surface area contributed by atoms with Crippen LogP contribution in [0.4, 0.5) is 13.2 Å². The SMILES string of the molecule is NC(c1cncnc1)C1CCC(C(F)(F)F)CC1. The summed E-state index contributed by atoms with van der Waals surface area (Å²) in [7, 11) is 0. The van der Waals surface area contributed by atoms with E-state index in [2.05, 4.69) is 9.97 Å². The number of hydrogen-bond acceptors (Lipinski definition) is 3. The molecule has 100 valence electrons. The zero-order valence-electron chi connectivity index (χ0n) is 9.90. The highest BCUT2D eigenvalue weighted by Gasteiger charge is 2.42. The molecular formula is C12H16F3N3. The number of alkyl halides is 3. The standard InChI is InChI=1S/C12H16F3N3/c13-12(14,15)10-3-1-8(2-4-10)11(16)9-5-17-7-18-6-9/h5-8,10-11H,1-4,16H2. The van der Waals surface area contributed by atoms with Gasteiger partial charge in [0, 0.05) is 24.0 Å². The highest BCUT2D eigenvalue weighted by atomic mass is 19.4. The lowest BCUT2D eigenvalue weighted by atomic mass is 9.77. The predicted octanol–water partition coefficient (Wildman–Crippen LogP) is 2.85. The van der Waals surface area contributed by atoms with Crippen LogP contribution in [0.3, 0.4) is 0 Å². The summed E-state index contributed by atoms with van der Waals surface area (Å²) in [5.74, 6) is -1.07. The number of aromatic nitrogens is 2. The lowest BCUT2D eigenvalue weighted by Gasteiger charge is -2.32. The van der Waals surface area contributed by atoms with Crippen LogP contribution in [0.5, 0.6) is 0 Å². The molecule has 1 aliphatic rings. The van der Waals surface area contributed by atoms with Gasteiger partial charge in [0.2, 0.25) is 0 Å². The molecule has 1 aliphatic carbocycles. The fraction of sp³-hybridized carbons (Fsp3) is 0.667. The van der Waals surface area contributed by atoms with Crippen molar-refractivity contribution in [2.24, 2.45) is 17.6 Å². The molecule has 0 aromatic carbocycles. The third-order valence-corrected chi connectivity index (χ3v) is 3.71. The molecule has 1 unspecified atom stereocenters. The summed E-state index contributed by atoms with van der Waals surface area (Å²) in [5, 5.41) is 0. The second kappa shape index (κ2) is 5.22. The van der Waals surface area contributed by atoms with Crippen LogP contribution in [-0.4, -0.2) is 16.1 Å². The lowest BCUT2D eigenvalue weighted by molar-refractivity contribution is -0.184. The van der Waals surface area contributed by atoms with Crippen molar-refractivity contribution in [3.8, 4) is 0 Å². The van der Waals surface area contributed by atoms with Crippen LogP contribution in [0.2, 0.25) is 0 Å². The molecule has 1 atom stereocenters. The quantitative estimate of drug-likeness (QED) is 0.888. The lowest BCUT2D eigenvalue weighted by Crippen LogP contribution is -2.31. The van der Waals surface area contributed by atoms with E-state index in [1.165, 1.54) is 6.33 Å². The van der Waals surface area contributed by atoms with Gasteiger partial charge in [-0.15, -0.1) is 0 Å². The number of nitrogens with zero attached hydrogens (tertiary/aromatic N) is 2. The van der Waals surface area contributed by atoms with Crippen molar-refractivity contribution in [2.75, 3.05) is 0 Å². The van der Waals surface area contributed by atoms with Gasteiger partial charge in [-0.25, -0.2) is 9.97 Å². The van der Waals surface area contributed by atoms with Crippen molar-refractivity contribution in [1.82, 2.24) is 9.97 Å². The van der Waals surface area contributed by atoms with E-state index in [-0.39, 0.29) is 24.8 Å². The zero-order valence-corrected chi connectivity index (χ0v) is 9.90. The average Bonchev–Trinajstić information content (AvgIpc) is 2.38. The molecular weight excluding hydrogens is 243 g/mol. The Balaban J connectivity index is 1.94. The number of halogens is 3. The molecule has 0 saturated heterocycles. The second-order valence-electron chi connectivity index (χ2n) is 4.85. The van der Waals surface area contributed by atoms with Gasteiger partial charge in [0.05, 0.1) is 5.92 Å². The van der Waals surface area contributed by atoms with Gasteiger partial charge < -0.3 is 5.73 Å². The fourth-order valence-electron chi connectivity index (χ4n) is 2.56. The van der Waals surface area contributed by atoms with E-state index in [0.717, 1.165) is 5.56 Å². The first kappa shape index (κ1) is 13.3. The van der Waals surface area contributed by atoms with Gasteiger partial charge in [0.15, 0.2) is 0 Å². The van der Waals surface area contributed by atoms with E-state index in [9.17, 15) is 13.2 Å². The van der Waals surface area contributed by atoms with Crippen molar-refractivity contribution >= 4 is 0 Å². The molecule has 1 fully saturated rings. The van der Waals surface area contributed by atoms with Crippen LogP contribution in [-0.2, 0) is 0 Å². The zero-order chi connectivity index (χ0) is 13.2. The highest BCUT2D eigenvalue weighted by Crippen LogP contribution is 2.42. The Morgan fingerprint density at radius 2 is 1.67 bits per heavy atom. The van der Waals surface area contributed by atoms with E-state index < -0.39 is 12.1 Å². The van der Waals surface area contributed by atoms with Crippen molar-refractivity contribution < 1.29 is 13.2 Å². The van der Waals surface area contributed by atoms with Crippen LogP contribution in [0.1, 0.15) is 37.3 Å². The normalized spacial score (nSPS) is 26.9. The van der Waals surface area contributed by atoms with E-state index in [0.29, 0.717) is 12.8 Å². The Morgan fingerprint density at radius 3 is 2.17 bits per heavy atom. The monoisotopic (exact) mass is 259 g/mol. The van der Waals surface area contributed by atoms with Crippen molar-refractivity contribution in [1.29, 1.82) is 0 Å². The smallest absolute Gasteiger partial charge is 0.324 e. The minimum atomic E-state index is -4.06. The van der Waals surface area contributed by atoms with Crippen molar-refractivity contribution in [3.63, 3.8) is 0 Å². The topological polar surface area (TPSA) is 51.8 Å². The molecule has 6 heteroatoms. The van der Waals surface area contributed by atoms with Crippen LogP contribution < -0.4 is 5.73 Å². The van der Waals surface area contributed by atoms with Gasteiger partial charge in [0.1, 0.15) is 6.33 Å². The van der Waals surface area contributed by atoms with Gasteiger partial charge in [-0.05, 0) is 31.6 Å². The fourth-order valence-corrected chi connectivity index (χ4v) is 2.56. The third kappa shape index (κ3) is 2.98. The molecule has 1 heterocycles. The molecule has 18 heavy (non-hydrogen) atoms. The van der Waals surface area contributed by atoms with Crippen LogP contribution >= 0.6 is 0 Å². The van der Waals surface area contributed by atoms with E-state index in [4.69, 9.17) is 5.73 Å². The first-order valence-corrected chi connectivity index (χ1v) is 6.05. The molecule has 1 aromatic rings. The summed E-state index contributed by atoms with van der Waals surface area (Å²) in [6, 6.07) is -0.264. The molecule has 0 aliphatic heterocycles. The van der Waals surface area contributed by atoms with E-state index >= 15 is 0 Å². The van der Waals surface area contributed by atoms with Gasteiger partial charge in [-0.1, -0.05) is 0 Å². The maximum absolute atomic E-state index is 12.5. The number of hydrogen-bond donors (Lipinski definition) is 1. The Bertz CT molecular complexity index is 372. The summed E-state index contributed by atoms with van der Waals surface area (Å²) in [6.07, 6.45) is 1.99. The molecule has 2 rings (SSSR count). The number of nitrogens with two attached hydrogens (primary N) is 1. The minimum absolute atomic E-state index is 0.0922. The summed E-state index contributed by atoms with van der Waals surface area (Å²) >= 11 is 0. The van der Waals surface area contributed by atoms with E-state index in [1.54, 1.807) is 12.4 Å². The molecule has 3 nitrogen and oxygen atoms in total. The number of rotatable bonds is 2. The first-order valence-electron chi connectivity index (χ1n) is 6.05. The van der Waals surface area contributed by atoms with Crippen LogP contribution in [0.15, 0.2) is 18.7 Å². The molecule has 1 aromatic heterocycles. The highest BCUT2D eigenvalue weighted by molar-refractivity contribution is 5.10. The third-order valence-electron chi connectivity index (χ3n) is 3.71. The Labute approximate surface area is 104 Å². The predicted molar refractivity (Wildman–Crippen MR) is 60.5 cm³/mol. The van der Waals surface area contributed by atoms with Gasteiger partial charge >= 0.3 is 6.18 Å². The van der Waals surface area contributed by atoms with Gasteiger partial charge in [0.25, 0.3) is 0 Å². The molecule has 2 N–H and O–H groups in total. The van der Waals surface area contributed by atoms with Crippen LogP contribution in [0.25, 0.3) is 0 Å². The Kier molecular flexibility index (Phi) is 3.85. The maximum atomic E-state index is 12.5. The summed E-state index contributed by atoms with van der Waals surface area (Å²) in [4.78, 5) is 7.77. The summed E-state index contributed by atoms with van der Waals surface area (Å²) < 4.78 is 37.6. The molecule has 0 bridgehead atoms. The summed E-state index contributed by atoms with van der Waals surface area (Å²) in [6.45, 7) is 0. The second-order valence-corrected chi connectivity index (χ2v) is 4.85. The molecule has 0 spiro atoms. The summed E-state index contributed by atoms with van der Waals surface area (Å²) in [5.41, 5.74) is 6.86. The molecule has 1 saturated carbocycles. The van der Waals surface area contributed by atoms with Gasteiger partial charge in [-0.2, -0.15) is 13.2 Å². The minimum Gasteiger partial charge on any atom is -0.324 e. The Hall–Kier alpha value is -1.17. The van der Waals surface area contributed by atoms with Crippen molar-refractivity contribution in [3.05, 3.63) is 24.3 Å². The van der Waals surface area contributed by atoms with Crippen LogP contribution in [0, 0.1) is 11.8 Å². The average molecular weight is 259 g/mol. The van der Waals surface area contributed by atoms with Crippen molar-refractivity contribution in [2.45, 2.75) is 37.9 Å².